The van der Waals surface area contributed by atoms with Crippen LogP contribution in [0, 0.1) is 11.3 Å². The van der Waals surface area contributed by atoms with Crippen molar-refractivity contribution in [2.75, 3.05) is 10.6 Å². The number of rotatable bonds is 4. The number of carbonyl (C=O) groups excluding carboxylic acids is 2. The molecule has 2 amide bonds. The van der Waals surface area contributed by atoms with Crippen LogP contribution in [0.15, 0.2) is 54.3 Å². The van der Waals surface area contributed by atoms with E-state index < -0.39 is 5.91 Å². The molecule has 0 radical (unpaired) electrons. The molecule has 0 aliphatic rings. The van der Waals surface area contributed by atoms with Gasteiger partial charge in [0.2, 0.25) is 0 Å². The molecule has 122 valence electrons. The van der Waals surface area contributed by atoms with Gasteiger partial charge in [0.15, 0.2) is 0 Å². The van der Waals surface area contributed by atoms with E-state index in [0.717, 1.165) is 0 Å². The monoisotopic (exact) mass is 349 g/mol. The summed E-state index contributed by atoms with van der Waals surface area (Å²) in [6, 6.07) is 10.2. The van der Waals surface area contributed by atoms with Crippen LogP contribution < -0.4 is 10.6 Å². The number of hydrogen-bond donors (Lipinski definition) is 2. The highest BCUT2D eigenvalue weighted by Crippen LogP contribution is 2.24. The van der Waals surface area contributed by atoms with Crippen LogP contribution >= 0.6 is 11.3 Å². The molecule has 7 nitrogen and oxygen atoms in total. The van der Waals surface area contributed by atoms with Crippen LogP contribution in [-0.4, -0.2) is 21.8 Å². The number of anilines is 2. The number of hydrogen-bond acceptors (Lipinski definition) is 6. The Balaban J connectivity index is 1.76. The lowest BCUT2D eigenvalue weighted by Crippen LogP contribution is -2.17. The summed E-state index contributed by atoms with van der Waals surface area (Å²) in [6.45, 7) is 0. The predicted molar refractivity (Wildman–Crippen MR) is 93.4 cm³/mol. The number of nitrogens with one attached hydrogen (secondary N) is 2. The molecular weight excluding hydrogens is 338 g/mol. The average Bonchev–Trinajstić information content (AvgIpc) is 3.11. The van der Waals surface area contributed by atoms with Gasteiger partial charge in [0.25, 0.3) is 11.8 Å². The lowest BCUT2D eigenvalue weighted by Gasteiger charge is -2.07. The van der Waals surface area contributed by atoms with Crippen LogP contribution in [0.1, 0.15) is 25.7 Å². The van der Waals surface area contributed by atoms with Gasteiger partial charge in [-0.3, -0.25) is 14.6 Å². The standard InChI is InChI=1S/C17H11N5O2S/c18-9-11-2-1-3-12(8-11)21-17(24)15-13(4-7-25-15)22-16(23)14-10-19-5-6-20-14/h1-8,10H,(H,21,24)(H,22,23). The first-order chi connectivity index (χ1) is 12.2. The smallest absolute Gasteiger partial charge is 0.275 e. The highest BCUT2D eigenvalue weighted by Gasteiger charge is 2.17. The summed E-state index contributed by atoms with van der Waals surface area (Å²) in [5.74, 6) is -0.827. The second-order valence-corrected chi connectivity index (χ2v) is 5.77. The Morgan fingerprint density at radius 1 is 1.12 bits per heavy atom. The van der Waals surface area contributed by atoms with Crippen molar-refractivity contribution in [3.05, 3.63) is 70.4 Å². The fourth-order valence-corrected chi connectivity index (χ4v) is 2.78. The molecule has 1 aromatic carbocycles. The van der Waals surface area contributed by atoms with E-state index in [1.54, 1.807) is 35.7 Å². The Bertz CT molecular complexity index is 962. The van der Waals surface area contributed by atoms with Gasteiger partial charge in [-0.15, -0.1) is 11.3 Å². The fraction of sp³-hybridized carbons (Fsp3) is 0. The fourth-order valence-electron chi connectivity index (χ4n) is 2.04. The van der Waals surface area contributed by atoms with Crippen molar-refractivity contribution in [1.29, 1.82) is 5.26 Å². The van der Waals surface area contributed by atoms with Crippen molar-refractivity contribution < 1.29 is 9.59 Å². The molecule has 0 spiro atoms. The van der Waals surface area contributed by atoms with Crippen molar-refractivity contribution in [2.45, 2.75) is 0 Å². The molecule has 0 bridgehead atoms. The normalized spacial score (nSPS) is 9.88. The number of nitriles is 1. The van der Waals surface area contributed by atoms with Crippen LogP contribution in [0.4, 0.5) is 11.4 Å². The first kappa shape index (κ1) is 16.3. The lowest BCUT2D eigenvalue weighted by molar-refractivity contribution is 0.102. The molecule has 2 aromatic heterocycles. The molecule has 0 saturated heterocycles. The molecule has 8 heteroatoms. The van der Waals surface area contributed by atoms with Crippen molar-refractivity contribution in [3.63, 3.8) is 0 Å². The van der Waals surface area contributed by atoms with Crippen molar-refractivity contribution in [1.82, 2.24) is 9.97 Å². The van der Waals surface area contributed by atoms with E-state index in [1.807, 2.05) is 6.07 Å². The number of thiophene rings is 1. The molecule has 0 unspecified atom stereocenters. The molecule has 0 aliphatic carbocycles. The van der Waals surface area contributed by atoms with Crippen molar-refractivity contribution in [2.24, 2.45) is 0 Å². The van der Waals surface area contributed by atoms with Gasteiger partial charge in [-0.2, -0.15) is 5.26 Å². The molecular formula is C17H11N5O2S. The number of carbonyl (C=O) groups is 2. The largest absolute Gasteiger partial charge is 0.321 e. The van der Waals surface area contributed by atoms with E-state index in [1.165, 1.54) is 29.9 Å². The summed E-state index contributed by atoms with van der Waals surface area (Å²) in [5.41, 5.74) is 1.49. The van der Waals surface area contributed by atoms with Crippen LogP contribution in [0.2, 0.25) is 0 Å². The number of benzene rings is 1. The van der Waals surface area contributed by atoms with Crippen LogP contribution in [0.25, 0.3) is 0 Å². The highest BCUT2D eigenvalue weighted by atomic mass is 32.1. The molecule has 0 aliphatic heterocycles. The van der Waals surface area contributed by atoms with E-state index in [-0.39, 0.29) is 11.6 Å². The number of aromatic nitrogens is 2. The lowest BCUT2D eigenvalue weighted by atomic mass is 10.2. The van der Waals surface area contributed by atoms with Crippen molar-refractivity contribution in [3.8, 4) is 6.07 Å². The maximum Gasteiger partial charge on any atom is 0.275 e. The predicted octanol–water partition coefficient (Wildman–Crippen LogP) is 2.91. The van der Waals surface area contributed by atoms with E-state index in [0.29, 0.717) is 21.8 Å². The molecule has 0 fully saturated rings. The molecule has 3 rings (SSSR count). The second-order valence-electron chi connectivity index (χ2n) is 4.85. The van der Waals surface area contributed by atoms with E-state index in [4.69, 9.17) is 5.26 Å². The summed E-state index contributed by atoms with van der Waals surface area (Å²) in [5, 5.41) is 16.0. The molecule has 0 saturated carbocycles. The maximum atomic E-state index is 12.5. The van der Waals surface area contributed by atoms with Crippen LogP contribution in [0.3, 0.4) is 0 Å². The maximum absolute atomic E-state index is 12.5. The van der Waals surface area contributed by atoms with E-state index in [2.05, 4.69) is 20.6 Å². The summed E-state index contributed by atoms with van der Waals surface area (Å²) in [4.78, 5) is 32.7. The molecule has 2 heterocycles. The van der Waals surface area contributed by atoms with Gasteiger partial charge >= 0.3 is 0 Å². The highest BCUT2D eigenvalue weighted by molar-refractivity contribution is 7.12. The van der Waals surface area contributed by atoms with Gasteiger partial charge in [0.1, 0.15) is 10.6 Å². The minimum absolute atomic E-state index is 0.154. The van der Waals surface area contributed by atoms with Gasteiger partial charge in [-0.1, -0.05) is 6.07 Å². The number of nitrogens with zero attached hydrogens (tertiary/aromatic N) is 3. The van der Waals surface area contributed by atoms with Crippen molar-refractivity contribution >= 4 is 34.5 Å². The van der Waals surface area contributed by atoms with Gasteiger partial charge in [0.05, 0.1) is 23.5 Å². The second kappa shape index (κ2) is 7.33. The summed E-state index contributed by atoms with van der Waals surface area (Å²) >= 11 is 1.20. The molecule has 3 aromatic rings. The minimum atomic E-state index is -0.452. The zero-order valence-electron chi connectivity index (χ0n) is 12.8. The summed E-state index contributed by atoms with van der Waals surface area (Å²) < 4.78 is 0. The topological polar surface area (TPSA) is 108 Å². The average molecular weight is 349 g/mol. The molecule has 0 atom stereocenters. The zero-order valence-corrected chi connectivity index (χ0v) is 13.6. The Morgan fingerprint density at radius 3 is 2.76 bits per heavy atom. The van der Waals surface area contributed by atoms with Gasteiger partial charge in [-0.05, 0) is 29.6 Å². The molecule has 25 heavy (non-hydrogen) atoms. The van der Waals surface area contributed by atoms with E-state index in [9.17, 15) is 9.59 Å². The summed E-state index contributed by atoms with van der Waals surface area (Å²) in [7, 11) is 0. The first-order valence-electron chi connectivity index (χ1n) is 7.14. The SMILES string of the molecule is N#Cc1cccc(NC(=O)c2sccc2NC(=O)c2cnccn2)c1. The Morgan fingerprint density at radius 2 is 2.00 bits per heavy atom. The first-order valence-corrected chi connectivity index (χ1v) is 8.01. The molecule has 2 N–H and O–H groups in total. The van der Waals surface area contributed by atoms with Crippen LogP contribution in [0.5, 0.6) is 0 Å². The minimum Gasteiger partial charge on any atom is -0.321 e. The summed E-state index contributed by atoms with van der Waals surface area (Å²) in [6.07, 6.45) is 4.22. The van der Waals surface area contributed by atoms with Gasteiger partial charge < -0.3 is 10.6 Å². The Hall–Kier alpha value is -3.57. The zero-order chi connectivity index (χ0) is 17.6. The van der Waals surface area contributed by atoms with Gasteiger partial charge in [-0.25, -0.2) is 4.98 Å². The third-order valence-electron chi connectivity index (χ3n) is 3.17. The Labute approximate surface area is 147 Å². The third kappa shape index (κ3) is 3.85. The number of amides is 2. The van der Waals surface area contributed by atoms with E-state index >= 15 is 0 Å². The van der Waals surface area contributed by atoms with Crippen LogP contribution in [-0.2, 0) is 0 Å². The van der Waals surface area contributed by atoms with Gasteiger partial charge in [0, 0.05) is 18.1 Å². The quantitative estimate of drug-likeness (QED) is 0.753. The third-order valence-corrected chi connectivity index (χ3v) is 4.08. The Kier molecular flexibility index (Phi) is 4.78.